The first-order valence-corrected chi connectivity index (χ1v) is 6.26. The fourth-order valence-corrected chi connectivity index (χ4v) is 2.10. The van der Waals surface area contributed by atoms with E-state index in [1.165, 1.54) is 19.3 Å². The molecule has 1 saturated carbocycles. The Bertz CT molecular complexity index is 251. The minimum Gasteiger partial charge on any atom is -0.335 e. The maximum Gasteiger partial charge on any atom is 0.315 e. The lowest BCUT2D eigenvalue weighted by Gasteiger charge is -2.24. The fraction of sp³-hybridized carbons (Fsp3) is 0.769. The topological polar surface area (TPSA) is 41.1 Å². The van der Waals surface area contributed by atoms with Crippen LogP contribution in [0.25, 0.3) is 0 Å². The minimum absolute atomic E-state index is 0.0611. The van der Waals surface area contributed by atoms with E-state index in [0.717, 1.165) is 19.3 Å². The number of amides is 2. The second kappa shape index (κ2) is 7.16. The van der Waals surface area contributed by atoms with Crippen molar-refractivity contribution < 1.29 is 4.79 Å². The van der Waals surface area contributed by atoms with Crippen LogP contribution in [0.3, 0.4) is 0 Å². The van der Waals surface area contributed by atoms with Crippen molar-refractivity contribution in [2.45, 2.75) is 64.0 Å². The van der Waals surface area contributed by atoms with Crippen LogP contribution in [0.15, 0.2) is 0 Å². The third-order valence-corrected chi connectivity index (χ3v) is 3.13. The molecule has 16 heavy (non-hydrogen) atoms. The summed E-state index contributed by atoms with van der Waals surface area (Å²) in [7, 11) is 0. The van der Waals surface area contributed by atoms with Crippen molar-refractivity contribution >= 4 is 6.03 Å². The first kappa shape index (κ1) is 12.9. The van der Waals surface area contributed by atoms with Gasteiger partial charge in [-0.15, -0.1) is 12.3 Å². The van der Waals surface area contributed by atoms with E-state index >= 15 is 0 Å². The monoisotopic (exact) mass is 222 g/mol. The summed E-state index contributed by atoms with van der Waals surface area (Å²) >= 11 is 0. The van der Waals surface area contributed by atoms with Gasteiger partial charge in [0.2, 0.25) is 0 Å². The van der Waals surface area contributed by atoms with Crippen molar-refractivity contribution in [1.82, 2.24) is 10.6 Å². The molecule has 0 spiro atoms. The molecule has 2 N–H and O–H groups in total. The van der Waals surface area contributed by atoms with Gasteiger partial charge in [0.25, 0.3) is 0 Å². The van der Waals surface area contributed by atoms with Crippen LogP contribution >= 0.6 is 0 Å². The molecular formula is C13H22N2O. The molecular weight excluding hydrogens is 200 g/mol. The van der Waals surface area contributed by atoms with Crippen molar-refractivity contribution in [3.63, 3.8) is 0 Å². The molecule has 90 valence electrons. The zero-order valence-electron chi connectivity index (χ0n) is 10.1. The first-order valence-electron chi connectivity index (χ1n) is 6.26. The Hall–Kier alpha value is -1.17. The van der Waals surface area contributed by atoms with E-state index in [9.17, 15) is 4.79 Å². The molecule has 0 aromatic heterocycles. The Kier molecular flexibility index (Phi) is 5.77. The van der Waals surface area contributed by atoms with Crippen molar-refractivity contribution in [3.05, 3.63) is 0 Å². The van der Waals surface area contributed by atoms with Crippen molar-refractivity contribution in [3.8, 4) is 12.3 Å². The number of terminal acetylenes is 1. The molecule has 0 heterocycles. The summed E-state index contributed by atoms with van der Waals surface area (Å²) < 4.78 is 0. The van der Waals surface area contributed by atoms with Gasteiger partial charge in [0.1, 0.15) is 0 Å². The van der Waals surface area contributed by atoms with E-state index < -0.39 is 0 Å². The first-order chi connectivity index (χ1) is 7.76. The molecule has 0 aromatic carbocycles. The molecule has 3 nitrogen and oxygen atoms in total. The average Bonchev–Trinajstić information content (AvgIpc) is 2.29. The van der Waals surface area contributed by atoms with E-state index in [1.807, 2.05) is 6.92 Å². The molecule has 1 aliphatic carbocycles. The Morgan fingerprint density at radius 2 is 2.12 bits per heavy atom. The van der Waals surface area contributed by atoms with Crippen LogP contribution < -0.4 is 10.6 Å². The van der Waals surface area contributed by atoms with Crippen molar-refractivity contribution in [2.75, 3.05) is 0 Å². The molecule has 1 atom stereocenters. The summed E-state index contributed by atoms with van der Waals surface area (Å²) in [6, 6.07) is 0.402. The van der Waals surface area contributed by atoms with Crippen LogP contribution in [-0.2, 0) is 0 Å². The van der Waals surface area contributed by atoms with E-state index in [2.05, 4.69) is 16.6 Å². The van der Waals surface area contributed by atoms with Gasteiger partial charge in [-0.3, -0.25) is 0 Å². The summed E-state index contributed by atoms with van der Waals surface area (Å²) in [6.07, 6.45) is 12.7. The van der Waals surface area contributed by atoms with Crippen molar-refractivity contribution in [2.24, 2.45) is 0 Å². The molecule has 1 aliphatic rings. The Labute approximate surface area is 98.4 Å². The standard InChI is InChI=1S/C13H22N2O/c1-3-8-11(4-2)14-13(16)15-12-9-6-5-7-10-12/h1,11-12H,4-10H2,2H3,(H2,14,15,16). The number of rotatable bonds is 4. The van der Waals surface area contributed by atoms with Gasteiger partial charge >= 0.3 is 6.03 Å². The smallest absolute Gasteiger partial charge is 0.315 e. The summed E-state index contributed by atoms with van der Waals surface area (Å²) in [5, 5.41) is 5.95. The Morgan fingerprint density at radius 1 is 1.44 bits per heavy atom. The molecule has 1 rings (SSSR count). The predicted molar refractivity (Wildman–Crippen MR) is 66.1 cm³/mol. The minimum atomic E-state index is -0.0611. The quantitative estimate of drug-likeness (QED) is 0.705. The fourth-order valence-electron chi connectivity index (χ4n) is 2.10. The van der Waals surface area contributed by atoms with Gasteiger partial charge < -0.3 is 10.6 Å². The van der Waals surface area contributed by atoms with Crippen LogP contribution in [0.4, 0.5) is 4.79 Å². The van der Waals surface area contributed by atoms with E-state index in [4.69, 9.17) is 6.42 Å². The Morgan fingerprint density at radius 3 is 2.69 bits per heavy atom. The largest absolute Gasteiger partial charge is 0.335 e. The molecule has 0 bridgehead atoms. The number of carbonyl (C=O) groups is 1. The molecule has 1 fully saturated rings. The summed E-state index contributed by atoms with van der Waals surface area (Å²) in [5.74, 6) is 2.59. The van der Waals surface area contributed by atoms with Gasteiger partial charge in [-0.25, -0.2) is 4.79 Å². The number of hydrogen-bond donors (Lipinski definition) is 2. The molecule has 0 radical (unpaired) electrons. The highest BCUT2D eigenvalue weighted by Crippen LogP contribution is 2.17. The highest BCUT2D eigenvalue weighted by Gasteiger charge is 2.16. The van der Waals surface area contributed by atoms with E-state index in [0.29, 0.717) is 12.5 Å². The van der Waals surface area contributed by atoms with Crippen LogP contribution in [-0.4, -0.2) is 18.1 Å². The normalized spacial score (nSPS) is 18.5. The zero-order valence-corrected chi connectivity index (χ0v) is 10.1. The van der Waals surface area contributed by atoms with Gasteiger partial charge in [0.05, 0.1) is 0 Å². The van der Waals surface area contributed by atoms with Gasteiger partial charge in [0, 0.05) is 18.5 Å². The maximum absolute atomic E-state index is 11.7. The highest BCUT2D eigenvalue weighted by atomic mass is 16.2. The summed E-state index contributed by atoms with van der Waals surface area (Å²) in [4.78, 5) is 11.7. The van der Waals surface area contributed by atoms with Gasteiger partial charge in [-0.1, -0.05) is 26.2 Å². The maximum atomic E-state index is 11.7. The SMILES string of the molecule is C#CCC(CC)NC(=O)NC1CCCCC1. The number of nitrogens with one attached hydrogen (secondary N) is 2. The van der Waals surface area contributed by atoms with Crippen molar-refractivity contribution in [1.29, 1.82) is 0 Å². The summed E-state index contributed by atoms with van der Waals surface area (Å²) in [6.45, 7) is 2.03. The second-order valence-electron chi connectivity index (χ2n) is 4.47. The van der Waals surface area contributed by atoms with Gasteiger partial charge in [-0.2, -0.15) is 0 Å². The summed E-state index contributed by atoms with van der Waals surface area (Å²) in [5.41, 5.74) is 0. The van der Waals surface area contributed by atoms with Crippen LogP contribution in [0.1, 0.15) is 51.9 Å². The zero-order chi connectivity index (χ0) is 11.8. The molecule has 0 saturated heterocycles. The Balaban J connectivity index is 2.25. The van der Waals surface area contributed by atoms with E-state index in [-0.39, 0.29) is 12.1 Å². The van der Waals surface area contributed by atoms with Crippen LogP contribution in [0, 0.1) is 12.3 Å². The molecule has 0 aromatic rings. The molecule has 1 unspecified atom stereocenters. The second-order valence-corrected chi connectivity index (χ2v) is 4.47. The van der Waals surface area contributed by atoms with E-state index in [1.54, 1.807) is 0 Å². The molecule has 0 aliphatic heterocycles. The number of urea groups is 1. The number of hydrogen-bond acceptors (Lipinski definition) is 1. The van der Waals surface area contributed by atoms with Crippen LogP contribution in [0.2, 0.25) is 0 Å². The lowest BCUT2D eigenvalue weighted by molar-refractivity contribution is 0.228. The third kappa shape index (κ3) is 4.57. The molecule has 2 amide bonds. The van der Waals surface area contributed by atoms with Gasteiger partial charge in [0.15, 0.2) is 0 Å². The van der Waals surface area contributed by atoms with Crippen LogP contribution in [0.5, 0.6) is 0 Å². The number of carbonyl (C=O) groups excluding carboxylic acids is 1. The average molecular weight is 222 g/mol. The lowest BCUT2D eigenvalue weighted by atomic mass is 9.96. The highest BCUT2D eigenvalue weighted by molar-refractivity contribution is 5.74. The lowest BCUT2D eigenvalue weighted by Crippen LogP contribution is -2.46. The molecule has 3 heteroatoms. The third-order valence-electron chi connectivity index (χ3n) is 3.13. The predicted octanol–water partition coefficient (Wildman–Crippen LogP) is 2.42. The van der Waals surface area contributed by atoms with Gasteiger partial charge in [-0.05, 0) is 19.3 Å².